The summed E-state index contributed by atoms with van der Waals surface area (Å²) in [5.41, 5.74) is 6.07. The number of rotatable bonds is 4. The van der Waals surface area contributed by atoms with Crippen molar-refractivity contribution in [2.45, 2.75) is 25.9 Å². The highest BCUT2D eigenvalue weighted by atomic mass is 32.1. The van der Waals surface area contributed by atoms with Gasteiger partial charge in [-0.1, -0.05) is 11.3 Å². The van der Waals surface area contributed by atoms with Crippen molar-refractivity contribution in [3.05, 3.63) is 10.6 Å². The van der Waals surface area contributed by atoms with Crippen LogP contribution < -0.4 is 21.1 Å². The first kappa shape index (κ1) is 18.3. The Hall–Kier alpha value is -1.49. The van der Waals surface area contributed by atoms with Crippen LogP contribution in [0, 0.1) is 6.92 Å². The number of nitrogens with zero attached hydrogens (tertiary/aromatic N) is 2. The van der Waals surface area contributed by atoms with E-state index in [0.29, 0.717) is 35.4 Å². The molecule has 0 radical (unpaired) electrons. The molecule has 1 aromatic heterocycles. The van der Waals surface area contributed by atoms with Crippen LogP contribution in [0.1, 0.15) is 28.2 Å². The van der Waals surface area contributed by atoms with Crippen molar-refractivity contribution in [1.82, 2.24) is 21.2 Å². The Morgan fingerprint density at radius 3 is 2.88 bits per heavy atom. The molecule has 0 bridgehead atoms. The smallest absolute Gasteiger partial charge is 0.281 e. The summed E-state index contributed by atoms with van der Waals surface area (Å²) in [7, 11) is 0. The largest absolute Gasteiger partial charge is 0.378 e. The molecule has 1 atom stereocenters. The molecule has 3 N–H and O–H groups in total. The Morgan fingerprint density at radius 1 is 1.36 bits per heavy atom. The fraction of sp³-hybridized carbons (Fsp3) is 0.667. The third kappa shape index (κ3) is 5.00. The molecule has 2 aliphatic heterocycles. The predicted molar refractivity (Wildman–Crippen MR) is 100 cm³/mol. The van der Waals surface area contributed by atoms with Gasteiger partial charge in [0.15, 0.2) is 10.2 Å². The van der Waals surface area contributed by atoms with Gasteiger partial charge in [-0.25, -0.2) is 4.98 Å². The van der Waals surface area contributed by atoms with Crippen LogP contribution in [-0.2, 0) is 9.47 Å². The number of aromatic nitrogens is 1. The standard InChI is InChI=1S/C15H23N5O3S2/c1-10-12(25-15(17-10)20-4-7-22-8-5-20)13(21)18-19-14(24)16-9-11-3-2-6-23-11/h11H,2-9H2,1H3,(H,18,21)(H2,16,19,24)/t11-/m1/s1. The van der Waals surface area contributed by atoms with E-state index in [0.717, 1.165) is 37.7 Å². The third-order valence-corrected chi connectivity index (χ3v) is 5.54. The topological polar surface area (TPSA) is 87.8 Å². The number of hydrazine groups is 1. The van der Waals surface area contributed by atoms with Crippen molar-refractivity contribution in [3.63, 3.8) is 0 Å². The zero-order valence-corrected chi connectivity index (χ0v) is 15.8. The first-order valence-corrected chi connectivity index (χ1v) is 9.62. The number of carbonyl (C=O) groups excluding carboxylic acids is 1. The minimum absolute atomic E-state index is 0.190. The number of aryl methyl sites for hydroxylation is 1. The van der Waals surface area contributed by atoms with Crippen LogP contribution in [0.3, 0.4) is 0 Å². The van der Waals surface area contributed by atoms with Crippen molar-refractivity contribution < 1.29 is 14.3 Å². The maximum absolute atomic E-state index is 12.4. The Balaban J connectivity index is 1.47. The molecule has 2 aliphatic rings. The Morgan fingerprint density at radius 2 is 2.16 bits per heavy atom. The first-order chi connectivity index (χ1) is 12.1. The zero-order chi connectivity index (χ0) is 17.6. The van der Waals surface area contributed by atoms with E-state index in [1.807, 2.05) is 6.92 Å². The summed E-state index contributed by atoms with van der Waals surface area (Å²) in [4.78, 5) is 19.6. The van der Waals surface area contributed by atoms with Crippen LogP contribution in [0.4, 0.5) is 5.13 Å². The van der Waals surface area contributed by atoms with Gasteiger partial charge in [0.25, 0.3) is 5.91 Å². The van der Waals surface area contributed by atoms with Crippen molar-refractivity contribution in [3.8, 4) is 0 Å². The van der Waals surface area contributed by atoms with E-state index in [1.54, 1.807) is 0 Å². The van der Waals surface area contributed by atoms with Gasteiger partial charge < -0.3 is 19.7 Å². The molecule has 3 heterocycles. The van der Waals surface area contributed by atoms with Gasteiger partial charge >= 0.3 is 0 Å². The van der Waals surface area contributed by atoms with Gasteiger partial charge in [-0.15, -0.1) is 0 Å². The van der Waals surface area contributed by atoms with Crippen LogP contribution >= 0.6 is 23.6 Å². The second-order valence-electron chi connectivity index (χ2n) is 5.93. The normalized spacial score (nSPS) is 20.4. The zero-order valence-electron chi connectivity index (χ0n) is 14.2. The molecular formula is C15H23N5O3S2. The quantitative estimate of drug-likeness (QED) is 0.512. The molecule has 3 rings (SSSR count). The molecule has 138 valence electrons. The molecule has 1 amide bonds. The van der Waals surface area contributed by atoms with Crippen LogP contribution in [0.2, 0.25) is 0 Å². The SMILES string of the molecule is Cc1nc(N2CCOCC2)sc1C(=O)NNC(=S)NC[C@H]1CCCO1. The number of hydrogen-bond acceptors (Lipinski definition) is 7. The molecule has 0 aliphatic carbocycles. The summed E-state index contributed by atoms with van der Waals surface area (Å²) < 4.78 is 10.9. The number of morpholine rings is 1. The molecule has 0 unspecified atom stereocenters. The van der Waals surface area contributed by atoms with Gasteiger partial charge in [0.1, 0.15) is 4.88 Å². The van der Waals surface area contributed by atoms with Gasteiger partial charge in [0, 0.05) is 26.2 Å². The van der Waals surface area contributed by atoms with E-state index in [-0.39, 0.29) is 12.0 Å². The number of carbonyl (C=O) groups is 1. The summed E-state index contributed by atoms with van der Waals surface area (Å²) in [6.07, 6.45) is 2.31. The summed E-state index contributed by atoms with van der Waals surface area (Å²) in [6.45, 7) is 6.25. The molecule has 0 aromatic carbocycles. The van der Waals surface area contributed by atoms with Crippen LogP contribution in [-0.4, -0.2) is 61.6 Å². The number of anilines is 1. The third-order valence-electron chi connectivity index (χ3n) is 4.08. The predicted octanol–water partition coefficient (Wildman–Crippen LogP) is 0.576. The molecule has 0 saturated carbocycles. The van der Waals surface area contributed by atoms with E-state index in [4.69, 9.17) is 21.7 Å². The number of ether oxygens (including phenoxy) is 2. The monoisotopic (exact) mass is 385 g/mol. The van der Waals surface area contributed by atoms with Gasteiger partial charge in [-0.2, -0.15) is 0 Å². The maximum atomic E-state index is 12.4. The minimum atomic E-state index is -0.240. The van der Waals surface area contributed by atoms with E-state index in [9.17, 15) is 4.79 Å². The molecule has 1 aromatic rings. The van der Waals surface area contributed by atoms with Crippen molar-refractivity contribution in [1.29, 1.82) is 0 Å². The van der Waals surface area contributed by atoms with Crippen LogP contribution in [0.5, 0.6) is 0 Å². The maximum Gasteiger partial charge on any atom is 0.281 e. The highest BCUT2D eigenvalue weighted by Gasteiger charge is 2.21. The number of amides is 1. The summed E-state index contributed by atoms with van der Waals surface area (Å²) in [5, 5.41) is 4.28. The summed E-state index contributed by atoms with van der Waals surface area (Å²) in [5.74, 6) is -0.240. The molecule has 10 heteroatoms. The van der Waals surface area contributed by atoms with Gasteiger partial charge in [0.2, 0.25) is 0 Å². The fourth-order valence-electron chi connectivity index (χ4n) is 2.71. The Labute approximate surface area is 156 Å². The first-order valence-electron chi connectivity index (χ1n) is 8.39. The molecule has 2 fully saturated rings. The van der Waals surface area contributed by atoms with E-state index in [2.05, 4.69) is 26.1 Å². The average molecular weight is 386 g/mol. The number of thiocarbonyl (C=S) groups is 1. The van der Waals surface area contributed by atoms with Gasteiger partial charge in [-0.3, -0.25) is 15.6 Å². The van der Waals surface area contributed by atoms with Gasteiger partial charge in [-0.05, 0) is 32.0 Å². The minimum Gasteiger partial charge on any atom is -0.378 e. The number of thiazole rings is 1. The summed E-state index contributed by atoms with van der Waals surface area (Å²) in [6, 6.07) is 0. The Kier molecular flexibility index (Phi) is 6.40. The summed E-state index contributed by atoms with van der Waals surface area (Å²) >= 11 is 6.55. The van der Waals surface area contributed by atoms with Crippen LogP contribution in [0.15, 0.2) is 0 Å². The number of hydrogen-bond donors (Lipinski definition) is 3. The highest BCUT2D eigenvalue weighted by molar-refractivity contribution is 7.80. The molecule has 25 heavy (non-hydrogen) atoms. The lowest BCUT2D eigenvalue weighted by Gasteiger charge is -2.25. The molecule has 2 saturated heterocycles. The van der Waals surface area contributed by atoms with E-state index >= 15 is 0 Å². The van der Waals surface area contributed by atoms with Crippen molar-refractivity contribution >= 4 is 39.7 Å². The van der Waals surface area contributed by atoms with Crippen molar-refractivity contribution in [2.24, 2.45) is 0 Å². The van der Waals surface area contributed by atoms with E-state index in [1.165, 1.54) is 11.3 Å². The lowest BCUT2D eigenvalue weighted by molar-refractivity contribution is 0.0946. The van der Waals surface area contributed by atoms with Gasteiger partial charge in [0.05, 0.1) is 25.0 Å². The van der Waals surface area contributed by atoms with Crippen LogP contribution in [0.25, 0.3) is 0 Å². The second-order valence-corrected chi connectivity index (χ2v) is 7.32. The molecular weight excluding hydrogens is 362 g/mol. The lowest BCUT2D eigenvalue weighted by atomic mass is 10.2. The Bertz CT molecular complexity index is 612. The molecule has 0 spiro atoms. The lowest BCUT2D eigenvalue weighted by Crippen LogP contribution is -2.48. The average Bonchev–Trinajstić information content (AvgIpc) is 3.28. The van der Waals surface area contributed by atoms with Crippen molar-refractivity contribution in [2.75, 3.05) is 44.4 Å². The highest BCUT2D eigenvalue weighted by Crippen LogP contribution is 2.26. The molecule has 8 nitrogen and oxygen atoms in total. The fourth-order valence-corrected chi connectivity index (χ4v) is 3.86. The van der Waals surface area contributed by atoms with E-state index < -0.39 is 0 Å². The number of nitrogens with one attached hydrogen (secondary N) is 3. The second kappa shape index (κ2) is 8.75.